The topological polar surface area (TPSA) is 86.8 Å². The molecule has 0 saturated carbocycles. The maximum absolute atomic E-state index is 11.2. The van der Waals surface area contributed by atoms with Gasteiger partial charge in [0.2, 0.25) is 5.91 Å². The van der Waals surface area contributed by atoms with E-state index in [4.69, 9.17) is 15.7 Å². The zero-order valence-electron chi connectivity index (χ0n) is 16.7. The predicted octanol–water partition coefficient (Wildman–Crippen LogP) is 2.46. The van der Waals surface area contributed by atoms with Gasteiger partial charge in [-0.25, -0.2) is 4.98 Å². The Morgan fingerprint density at radius 1 is 1.36 bits per heavy atom. The molecule has 2 fully saturated rings. The summed E-state index contributed by atoms with van der Waals surface area (Å²) in [7, 11) is 0. The number of amides is 1. The molecule has 158 valence electrons. The highest BCUT2D eigenvalue weighted by atomic mass is 127. The van der Waals surface area contributed by atoms with E-state index in [1.165, 1.54) is 12.8 Å². The van der Waals surface area contributed by atoms with Gasteiger partial charge in [-0.15, -0.1) is 35.3 Å². The van der Waals surface area contributed by atoms with Gasteiger partial charge in [0.15, 0.2) is 11.1 Å². The van der Waals surface area contributed by atoms with Crippen LogP contribution in [0.1, 0.15) is 44.7 Å². The highest BCUT2D eigenvalue weighted by Gasteiger charge is 2.23. The minimum atomic E-state index is -0.207. The molecule has 2 aliphatic heterocycles. The van der Waals surface area contributed by atoms with Crippen molar-refractivity contribution in [2.75, 3.05) is 44.2 Å². The summed E-state index contributed by atoms with van der Waals surface area (Å²) in [5, 5.41) is 6.72. The first-order valence-electron chi connectivity index (χ1n) is 10.2. The number of thiazole rings is 1. The third-order valence-electron chi connectivity index (χ3n) is 5.19. The Morgan fingerprint density at radius 2 is 2.14 bits per heavy atom. The molecule has 1 aromatic rings. The summed E-state index contributed by atoms with van der Waals surface area (Å²) >= 11 is 1.75. The molecule has 1 amide bonds. The van der Waals surface area contributed by atoms with Gasteiger partial charge in [0.1, 0.15) is 0 Å². The number of nitrogens with two attached hydrogens (primary N) is 1. The van der Waals surface area contributed by atoms with Crippen LogP contribution in [0, 0.1) is 5.92 Å². The van der Waals surface area contributed by atoms with Gasteiger partial charge in [0, 0.05) is 57.5 Å². The van der Waals surface area contributed by atoms with E-state index in [9.17, 15) is 4.79 Å². The highest BCUT2D eigenvalue weighted by Crippen LogP contribution is 2.24. The Bertz CT molecular complexity index is 646. The first kappa shape index (κ1) is 23.2. The molecule has 1 unspecified atom stereocenters. The van der Waals surface area contributed by atoms with Gasteiger partial charge in [0.05, 0.1) is 5.69 Å². The molecule has 3 N–H and O–H groups in total. The lowest BCUT2D eigenvalue weighted by molar-refractivity contribution is -0.119. The minimum absolute atomic E-state index is 0. The molecule has 0 radical (unpaired) electrons. The van der Waals surface area contributed by atoms with E-state index < -0.39 is 0 Å². The van der Waals surface area contributed by atoms with Gasteiger partial charge in [0.25, 0.3) is 0 Å². The summed E-state index contributed by atoms with van der Waals surface area (Å²) in [6, 6.07) is 0. The smallest absolute Gasteiger partial charge is 0.217 e. The zero-order valence-corrected chi connectivity index (χ0v) is 19.9. The normalized spacial score (nSPS) is 20.2. The number of carbonyl (C=O) groups is 1. The number of hydrogen-bond acceptors (Lipinski definition) is 5. The number of carbonyl (C=O) groups excluding carboxylic acids is 1. The van der Waals surface area contributed by atoms with Crippen LogP contribution in [0.3, 0.4) is 0 Å². The van der Waals surface area contributed by atoms with Crippen LogP contribution < -0.4 is 16.0 Å². The van der Waals surface area contributed by atoms with E-state index in [-0.39, 0.29) is 29.9 Å². The zero-order chi connectivity index (χ0) is 19.1. The van der Waals surface area contributed by atoms with Gasteiger partial charge in [-0.1, -0.05) is 0 Å². The first-order valence-corrected chi connectivity index (χ1v) is 11.0. The summed E-state index contributed by atoms with van der Waals surface area (Å²) in [6.07, 6.45) is 6.02. The molecule has 7 nitrogen and oxygen atoms in total. The van der Waals surface area contributed by atoms with Crippen molar-refractivity contribution < 1.29 is 4.79 Å². The second-order valence-electron chi connectivity index (χ2n) is 7.43. The molecular formula is C19H33IN6OS. The van der Waals surface area contributed by atoms with Crippen molar-refractivity contribution in [2.45, 2.75) is 45.4 Å². The molecule has 28 heavy (non-hydrogen) atoms. The molecule has 0 bridgehead atoms. The van der Waals surface area contributed by atoms with Crippen molar-refractivity contribution in [3.63, 3.8) is 0 Å². The Morgan fingerprint density at radius 3 is 2.86 bits per heavy atom. The van der Waals surface area contributed by atoms with E-state index in [0.717, 1.165) is 75.3 Å². The summed E-state index contributed by atoms with van der Waals surface area (Å²) in [5.74, 6) is 1.07. The van der Waals surface area contributed by atoms with E-state index in [0.29, 0.717) is 12.3 Å². The van der Waals surface area contributed by atoms with Crippen molar-refractivity contribution in [3.8, 4) is 0 Å². The average molecular weight is 520 g/mol. The van der Waals surface area contributed by atoms with Crippen molar-refractivity contribution in [1.82, 2.24) is 15.2 Å². The number of hydrogen-bond donors (Lipinski definition) is 2. The summed E-state index contributed by atoms with van der Waals surface area (Å²) in [4.78, 5) is 25.5. The number of guanidine groups is 1. The molecule has 2 saturated heterocycles. The molecule has 0 aliphatic carbocycles. The van der Waals surface area contributed by atoms with Gasteiger partial charge in [-0.3, -0.25) is 9.79 Å². The molecule has 0 aromatic carbocycles. The van der Waals surface area contributed by atoms with Crippen LogP contribution in [0.2, 0.25) is 0 Å². The molecule has 1 aromatic heterocycles. The molecule has 1 atom stereocenters. The monoisotopic (exact) mass is 520 g/mol. The molecule has 2 aliphatic rings. The maximum atomic E-state index is 11.2. The van der Waals surface area contributed by atoms with Crippen LogP contribution in [-0.4, -0.2) is 61.0 Å². The minimum Gasteiger partial charge on any atom is -0.370 e. The number of nitrogens with zero attached hydrogens (tertiary/aromatic N) is 4. The van der Waals surface area contributed by atoms with Gasteiger partial charge < -0.3 is 20.9 Å². The molecule has 3 rings (SSSR count). The standard InChI is InChI=1S/C19H32N6OS.HI/c1-2-21-18(25-11-5-6-15(13-25)12-17(20)26)22-8-7-16-14-27-19(23-16)24-9-3-4-10-24;/h14-15H,2-13H2,1H3,(H2,20,26)(H,21,22);1H. The fourth-order valence-corrected chi connectivity index (χ4v) is 4.79. The number of rotatable bonds is 7. The number of nitrogens with one attached hydrogen (secondary N) is 1. The Labute approximate surface area is 189 Å². The van der Waals surface area contributed by atoms with Crippen molar-refractivity contribution in [3.05, 3.63) is 11.1 Å². The molecule has 0 spiro atoms. The largest absolute Gasteiger partial charge is 0.370 e. The van der Waals surface area contributed by atoms with Gasteiger partial charge in [-0.05, 0) is 38.5 Å². The third kappa shape index (κ3) is 6.75. The average Bonchev–Trinajstić information content (AvgIpc) is 3.32. The fraction of sp³-hybridized carbons (Fsp3) is 0.737. The number of aromatic nitrogens is 1. The van der Waals surface area contributed by atoms with Crippen molar-refractivity contribution in [1.29, 1.82) is 0 Å². The quantitative estimate of drug-likeness (QED) is 0.328. The lowest BCUT2D eigenvalue weighted by Crippen LogP contribution is -2.47. The number of likely N-dealkylation sites (tertiary alicyclic amines) is 1. The lowest BCUT2D eigenvalue weighted by atomic mass is 9.95. The second kappa shape index (κ2) is 11.8. The molecule has 9 heteroatoms. The van der Waals surface area contributed by atoms with E-state index in [2.05, 4.69) is 27.4 Å². The van der Waals surface area contributed by atoms with Crippen LogP contribution in [0.5, 0.6) is 0 Å². The first-order chi connectivity index (χ1) is 13.2. The SMILES string of the molecule is CCNC(=NCCc1csc(N2CCCC2)n1)N1CCCC(CC(N)=O)C1.I. The van der Waals surface area contributed by atoms with E-state index >= 15 is 0 Å². The fourth-order valence-electron chi connectivity index (χ4n) is 3.88. The number of piperidine rings is 1. The highest BCUT2D eigenvalue weighted by molar-refractivity contribution is 14.0. The van der Waals surface area contributed by atoms with Crippen LogP contribution in [0.4, 0.5) is 5.13 Å². The van der Waals surface area contributed by atoms with E-state index in [1.54, 1.807) is 11.3 Å². The third-order valence-corrected chi connectivity index (χ3v) is 6.14. The summed E-state index contributed by atoms with van der Waals surface area (Å²) in [5.41, 5.74) is 6.51. The van der Waals surface area contributed by atoms with Crippen molar-refractivity contribution in [2.24, 2.45) is 16.6 Å². The summed E-state index contributed by atoms with van der Waals surface area (Å²) in [6.45, 7) is 7.76. The number of anilines is 1. The van der Waals surface area contributed by atoms with Crippen LogP contribution in [0.15, 0.2) is 10.4 Å². The predicted molar refractivity (Wildman–Crippen MR) is 127 cm³/mol. The molecular weight excluding hydrogens is 487 g/mol. The van der Waals surface area contributed by atoms with Crippen molar-refractivity contribution >= 4 is 52.3 Å². The van der Waals surface area contributed by atoms with Gasteiger partial charge in [-0.2, -0.15) is 0 Å². The van der Waals surface area contributed by atoms with Crippen LogP contribution >= 0.6 is 35.3 Å². The van der Waals surface area contributed by atoms with Crippen LogP contribution in [-0.2, 0) is 11.2 Å². The Hall–Kier alpha value is -1.10. The Balaban J connectivity index is 0.00000280. The number of aliphatic imine (C=N–C) groups is 1. The number of halogens is 1. The lowest BCUT2D eigenvalue weighted by Gasteiger charge is -2.34. The Kier molecular flexibility index (Phi) is 9.76. The number of primary amides is 1. The molecule has 3 heterocycles. The van der Waals surface area contributed by atoms with Gasteiger partial charge >= 0.3 is 0 Å². The van der Waals surface area contributed by atoms with Crippen LogP contribution in [0.25, 0.3) is 0 Å². The summed E-state index contributed by atoms with van der Waals surface area (Å²) < 4.78 is 0. The second-order valence-corrected chi connectivity index (χ2v) is 8.26. The maximum Gasteiger partial charge on any atom is 0.217 e. The van der Waals surface area contributed by atoms with E-state index in [1.807, 2.05) is 0 Å².